The molecule has 0 unspecified atom stereocenters. The van der Waals surface area contributed by atoms with Gasteiger partial charge < -0.3 is 9.52 Å². The zero-order chi connectivity index (χ0) is 13.3. The van der Waals surface area contributed by atoms with Crippen LogP contribution < -0.4 is 5.76 Å². The lowest BCUT2D eigenvalue weighted by atomic mass is 10.0. The molecule has 0 bridgehead atoms. The van der Waals surface area contributed by atoms with Crippen molar-refractivity contribution in [3.05, 3.63) is 47.5 Å². The summed E-state index contributed by atoms with van der Waals surface area (Å²) in [6.45, 7) is 4.95. The number of para-hydroxylation sites is 2. The molecule has 2 aromatic rings. The minimum absolute atomic E-state index is 0.344. The molecule has 2 atom stereocenters. The third-order valence-electron chi connectivity index (χ3n) is 2.85. The molecule has 0 aliphatic carbocycles. The van der Waals surface area contributed by atoms with Gasteiger partial charge in [-0.1, -0.05) is 25.1 Å². The van der Waals surface area contributed by atoms with Crippen molar-refractivity contribution < 1.29 is 14.3 Å². The van der Waals surface area contributed by atoms with Crippen LogP contribution in [0.25, 0.3) is 11.1 Å². The molecule has 0 saturated heterocycles. The Hall–Kier alpha value is -2.14. The molecule has 0 spiro atoms. The molecule has 1 heterocycles. The molecule has 0 aliphatic heterocycles. The van der Waals surface area contributed by atoms with E-state index >= 15 is 0 Å². The molecular formula is C13H13NO4. The molecule has 94 valence electrons. The Morgan fingerprint density at radius 2 is 2.17 bits per heavy atom. The highest BCUT2D eigenvalue weighted by Gasteiger charge is 2.25. The molecule has 0 fully saturated rings. The predicted octanol–water partition coefficient (Wildman–Crippen LogP) is 1.42. The fourth-order valence-electron chi connectivity index (χ4n) is 1.73. The van der Waals surface area contributed by atoms with E-state index in [1.54, 1.807) is 24.3 Å². The van der Waals surface area contributed by atoms with E-state index in [4.69, 9.17) is 4.42 Å². The maximum absolute atomic E-state index is 12.1. The van der Waals surface area contributed by atoms with Crippen molar-refractivity contribution in [2.45, 2.75) is 13.0 Å². The quantitative estimate of drug-likeness (QED) is 0.832. The first-order valence-electron chi connectivity index (χ1n) is 5.51. The standard InChI is InChI=1S/C13H13NO4/c1-3-10(15)8(2)12(16)14-9-6-4-5-7-11(9)18-13(14)17/h3-8,10,15H,1H2,2H3/t8-,10+/m1/s1. The molecule has 1 aromatic heterocycles. The van der Waals surface area contributed by atoms with Gasteiger partial charge in [0.1, 0.15) is 0 Å². The van der Waals surface area contributed by atoms with Gasteiger partial charge in [-0.2, -0.15) is 0 Å². The molecule has 1 N–H and O–H groups in total. The summed E-state index contributed by atoms with van der Waals surface area (Å²) in [6.07, 6.45) is 0.258. The first kappa shape index (κ1) is 12.3. The van der Waals surface area contributed by atoms with Crippen LogP contribution in [0.4, 0.5) is 0 Å². The SMILES string of the molecule is C=C[C@H](O)[C@@H](C)C(=O)n1c(=O)oc2ccccc21. The number of oxazole rings is 1. The van der Waals surface area contributed by atoms with E-state index in [9.17, 15) is 14.7 Å². The number of nitrogens with zero attached hydrogens (tertiary/aromatic N) is 1. The number of benzene rings is 1. The van der Waals surface area contributed by atoms with Gasteiger partial charge >= 0.3 is 5.76 Å². The van der Waals surface area contributed by atoms with Crippen LogP contribution in [0, 0.1) is 5.92 Å². The third kappa shape index (κ3) is 1.89. The van der Waals surface area contributed by atoms with E-state index in [-0.39, 0.29) is 0 Å². The van der Waals surface area contributed by atoms with E-state index in [0.29, 0.717) is 11.1 Å². The Bertz CT molecular complexity index is 652. The minimum atomic E-state index is -1.00. The molecule has 2 rings (SSSR count). The van der Waals surface area contributed by atoms with Gasteiger partial charge in [0.2, 0.25) is 5.91 Å². The molecule has 1 aromatic carbocycles. The maximum Gasteiger partial charge on any atom is 0.426 e. The second-order valence-corrected chi connectivity index (χ2v) is 4.02. The lowest BCUT2D eigenvalue weighted by Gasteiger charge is -2.13. The van der Waals surface area contributed by atoms with Gasteiger partial charge in [0.15, 0.2) is 5.58 Å². The van der Waals surface area contributed by atoms with Crippen molar-refractivity contribution >= 4 is 17.0 Å². The number of aliphatic hydroxyl groups is 1. The van der Waals surface area contributed by atoms with Crippen molar-refractivity contribution in [2.75, 3.05) is 0 Å². The number of hydrogen-bond acceptors (Lipinski definition) is 4. The molecular weight excluding hydrogens is 234 g/mol. The number of aliphatic hydroxyl groups excluding tert-OH is 1. The highest BCUT2D eigenvalue weighted by molar-refractivity contribution is 5.90. The van der Waals surface area contributed by atoms with Gasteiger partial charge in [-0.15, -0.1) is 6.58 Å². The average Bonchev–Trinajstić information content (AvgIpc) is 2.71. The fraction of sp³-hybridized carbons (Fsp3) is 0.231. The molecule has 0 saturated carbocycles. The van der Waals surface area contributed by atoms with Crippen LogP contribution in [0.3, 0.4) is 0 Å². The summed E-state index contributed by atoms with van der Waals surface area (Å²) in [5, 5.41) is 9.57. The zero-order valence-corrected chi connectivity index (χ0v) is 9.87. The second kappa shape index (κ2) is 4.62. The molecule has 5 heteroatoms. The van der Waals surface area contributed by atoms with Crippen molar-refractivity contribution in [3.8, 4) is 0 Å². The summed E-state index contributed by atoms with van der Waals surface area (Å²) in [5.41, 5.74) is 0.742. The van der Waals surface area contributed by atoms with Gasteiger partial charge in [-0.05, 0) is 12.1 Å². The lowest BCUT2D eigenvalue weighted by molar-refractivity contribution is 0.0714. The Labute approximate surface area is 103 Å². The summed E-state index contributed by atoms with van der Waals surface area (Å²) in [5.74, 6) is -2.03. The highest BCUT2D eigenvalue weighted by atomic mass is 16.4. The van der Waals surface area contributed by atoms with Crippen molar-refractivity contribution in [3.63, 3.8) is 0 Å². The zero-order valence-electron chi connectivity index (χ0n) is 9.87. The van der Waals surface area contributed by atoms with E-state index in [1.165, 1.54) is 13.0 Å². The Balaban J connectivity index is 2.54. The summed E-state index contributed by atoms with van der Waals surface area (Å²) in [7, 11) is 0. The summed E-state index contributed by atoms with van der Waals surface area (Å²) >= 11 is 0. The van der Waals surface area contributed by atoms with Gasteiger partial charge in [-0.25, -0.2) is 9.36 Å². The highest BCUT2D eigenvalue weighted by Crippen LogP contribution is 2.15. The Morgan fingerprint density at radius 3 is 2.83 bits per heavy atom. The number of fused-ring (bicyclic) bond motifs is 1. The van der Waals surface area contributed by atoms with Crippen LogP contribution in [-0.4, -0.2) is 21.7 Å². The lowest BCUT2D eigenvalue weighted by Crippen LogP contribution is -2.33. The fourth-order valence-corrected chi connectivity index (χ4v) is 1.73. The summed E-state index contributed by atoms with van der Waals surface area (Å²) in [6, 6.07) is 6.64. The maximum atomic E-state index is 12.1. The third-order valence-corrected chi connectivity index (χ3v) is 2.85. The smallest absolute Gasteiger partial charge is 0.407 e. The number of carbonyl (C=O) groups is 1. The molecule has 0 aliphatic rings. The van der Waals surface area contributed by atoms with E-state index < -0.39 is 23.7 Å². The number of aromatic nitrogens is 1. The summed E-state index contributed by atoms with van der Waals surface area (Å²) < 4.78 is 5.90. The average molecular weight is 247 g/mol. The van der Waals surface area contributed by atoms with Crippen LogP contribution in [0.15, 0.2) is 46.1 Å². The van der Waals surface area contributed by atoms with E-state index in [2.05, 4.69) is 6.58 Å². The van der Waals surface area contributed by atoms with Gasteiger partial charge in [0.25, 0.3) is 0 Å². The number of hydrogen-bond donors (Lipinski definition) is 1. The van der Waals surface area contributed by atoms with Gasteiger partial charge in [0.05, 0.1) is 17.5 Å². The van der Waals surface area contributed by atoms with Gasteiger partial charge in [0, 0.05) is 0 Å². The van der Waals surface area contributed by atoms with Crippen LogP contribution in [0.5, 0.6) is 0 Å². The van der Waals surface area contributed by atoms with Crippen molar-refractivity contribution in [1.29, 1.82) is 0 Å². The summed E-state index contributed by atoms with van der Waals surface area (Å²) in [4.78, 5) is 23.8. The van der Waals surface area contributed by atoms with Crippen molar-refractivity contribution in [1.82, 2.24) is 4.57 Å². The topological polar surface area (TPSA) is 72.4 Å². The van der Waals surface area contributed by atoms with Crippen LogP contribution in [0.1, 0.15) is 11.7 Å². The van der Waals surface area contributed by atoms with E-state index in [1.807, 2.05) is 0 Å². The molecule has 0 amide bonds. The molecule has 0 radical (unpaired) electrons. The normalized spacial score (nSPS) is 14.3. The first-order chi connectivity index (χ1) is 8.56. The molecule has 18 heavy (non-hydrogen) atoms. The minimum Gasteiger partial charge on any atom is -0.407 e. The monoisotopic (exact) mass is 247 g/mol. The van der Waals surface area contributed by atoms with Gasteiger partial charge in [-0.3, -0.25) is 4.79 Å². The Morgan fingerprint density at radius 1 is 1.50 bits per heavy atom. The first-order valence-corrected chi connectivity index (χ1v) is 5.51. The number of rotatable bonds is 3. The molecule has 5 nitrogen and oxygen atoms in total. The van der Waals surface area contributed by atoms with Crippen LogP contribution in [-0.2, 0) is 0 Å². The number of carbonyl (C=O) groups excluding carboxylic acids is 1. The van der Waals surface area contributed by atoms with E-state index in [0.717, 1.165) is 4.57 Å². The Kier molecular flexibility index (Phi) is 3.16. The second-order valence-electron chi connectivity index (χ2n) is 4.02. The largest absolute Gasteiger partial charge is 0.426 e. The van der Waals surface area contributed by atoms with Crippen LogP contribution >= 0.6 is 0 Å². The van der Waals surface area contributed by atoms with Crippen LogP contribution in [0.2, 0.25) is 0 Å². The van der Waals surface area contributed by atoms with Crippen molar-refractivity contribution in [2.24, 2.45) is 5.92 Å². The predicted molar refractivity (Wildman–Crippen MR) is 66.5 cm³/mol.